The molecule has 1 atom stereocenters. The molecule has 6 heteroatoms. The van der Waals surface area contributed by atoms with Crippen molar-refractivity contribution in [3.05, 3.63) is 46.0 Å². The molecule has 148 valence electrons. The quantitative estimate of drug-likeness (QED) is 0.316. The topological polar surface area (TPSA) is 86.5 Å². The summed E-state index contributed by atoms with van der Waals surface area (Å²) in [4.78, 5) is 35.7. The van der Waals surface area contributed by atoms with Gasteiger partial charge in [0, 0.05) is 23.6 Å². The Morgan fingerprint density at radius 3 is 2.36 bits per heavy atom. The van der Waals surface area contributed by atoms with Crippen LogP contribution < -0.4 is 0 Å². The van der Waals surface area contributed by atoms with Gasteiger partial charge in [0.1, 0.15) is 0 Å². The van der Waals surface area contributed by atoms with Crippen LogP contribution in [0.1, 0.15) is 51.0 Å². The molecule has 0 aliphatic heterocycles. The number of benzene rings is 1. The molecule has 0 saturated heterocycles. The maximum absolute atomic E-state index is 13.1. The van der Waals surface area contributed by atoms with Crippen molar-refractivity contribution >= 4 is 23.5 Å². The number of ether oxygens (including phenoxy) is 1. The standard InChI is InChI=1S/C22H25NO5/c1-14(21(25)22-11-16-7-17(12-22)9-18(8-16)13-22)28-20(24)6-5-15-3-2-4-19(10-15)23(26)27/h2-6,10,14,16-18H,7-9,11-13H2,1H3/b6-5+. The molecule has 1 aromatic carbocycles. The van der Waals surface area contributed by atoms with Gasteiger partial charge in [0.25, 0.3) is 5.69 Å². The van der Waals surface area contributed by atoms with Gasteiger partial charge < -0.3 is 4.74 Å². The Balaban J connectivity index is 1.39. The zero-order valence-corrected chi connectivity index (χ0v) is 16.0. The summed E-state index contributed by atoms with van der Waals surface area (Å²) in [6.45, 7) is 1.67. The first kappa shape index (κ1) is 18.8. The maximum atomic E-state index is 13.1. The lowest BCUT2D eigenvalue weighted by atomic mass is 9.48. The molecule has 0 radical (unpaired) electrons. The molecule has 0 amide bonds. The van der Waals surface area contributed by atoms with Gasteiger partial charge in [0.15, 0.2) is 11.9 Å². The summed E-state index contributed by atoms with van der Waals surface area (Å²) < 4.78 is 5.39. The third-order valence-corrected chi connectivity index (χ3v) is 6.72. The molecule has 0 heterocycles. The molecule has 4 aliphatic rings. The summed E-state index contributed by atoms with van der Waals surface area (Å²) in [7, 11) is 0. The molecule has 4 saturated carbocycles. The molecule has 0 spiro atoms. The lowest BCUT2D eigenvalue weighted by Gasteiger charge is -2.56. The number of carbonyl (C=O) groups is 2. The largest absolute Gasteiger partial charge is 0.451 e. The Hall–Kier alpha value is -2.50. The third-order valence-electron chi connectivity index (χ3n) is 6.72. The summed E-state index contributed by atoms with van der Waals surface area (Å²) in [5.74, 6) is 1.45. The number of nitro groups is 1. The van der Waals surface area contributed by atoms with E-state index in [1.54, 1.807) is 19.1 Å². The van der Waals surface area contributed by atoms with Crippen LogP contribution >= 0.6 is 0 Å². The van der Waals surface area contributed by atoms with E-state index >= 15 is 0 Å². The van der Waals surface area contributed by atoms with Crippen LogP contribution in [0, 0.1) is 33.3 Å². The smallest absolute Gasteiger partial charge is 0.331 e. The normalized spacial score (nSPS) is 31.7. The van der Waals surface area contributed by atoms with Crippen LogP contribution in [0.5, 0.6) is 0 Å². The summed E-state index contributed by atoms with van der Waals surface area (Å²) in [5.41, 5.74) is 0.199. The van der Waals surface area contributed by atoms with Gasteiger partial charge in [-0.3, -0.25) is 14.9 Å². The molecule has 4 bridgehead atoms. The Bertz CT molecular complexity index is 808. The van der Waals surface area contributed by atoms with E-state index in [2.05, 4.69) is 0 Å². The van der Waals surface area contributed by atoms with Gasteiger partial charge in [-0.1, -0.05) is 12.1 Å². The number of nitro benzene ring substituents is 1. The highest BCUT2D eigenvalue weighted by Gasteiger charge is 2.55. The Kier molecular flexibility index (Phi) is 4.81. The van der Waals surface area contributed by atoms with Gasteiger partial charge in [-0.05, 0) is 74.8 Å². The van der Waals surface area contributed by atoms with E-state index in [-0.39, 0.29) is 16.9 Å². The predicted molar refractivity (Wildman–Crippen MR) is 103 cm³/mol. The second-order valence-electron chi connectivity index (χ2n) is 8.83. The van der Waals surface area contributed by atoms with Crippen LogP contribution in [0.15, 0.2) is 30.3 Å². The lowest BCUT2D eigenvalue weighted by molar-refractivity contribution is -0.384. The number of non-ortho nitro benzene ring substituents is 1. The fourth-order valence-corrected chi connectivity index (χ4v) is 6.02. The van der Waals surface area contributed by atoms with Crippen LogP contribution in [0.25, 0.3) is 6.08 Å². The van der Waals surface area contributed by atoms with Crippen LogP contribution in [-0.2, 0) is 14.3 Å². The average Bonchev–Trinajstić information content (AvgIpc) is 2.65. The summed E-state index contributed by atoms with van der Waals surface area (Å²) >= 11 is 0. The molecule has 0 N–H and O–H groups in total. The van der Waals surface area contributed by atoms with Crippen molar-refractivity contribution in [2.45, 2.75) is 51.6 Å². The minimum Gasteiger partial charge on any atom is -0.451 e. The van der Waals surface area contributed by atoms with Gasteiger partial charge >= 0.3 is 5.97 Å². The van der Waals surface area contributed by atoms with Crippen LogP contribution in [0.3, 0.4) is 0 Å². The highest BCUT2D eigenvalue weighted by atomic mass is 16.6. The third kappa shape index (κ3) is 3.60. The molecule has 1 aromatic rings. The second-order valence-corrected chi connectivity index (χ2v) is 8.83. The number of hydrogen-bond donors (Lipinski definition) is 0. The Morgan fingerprint density at radius 1 is 1.18 bits per heavy atom. The van der Waals surface area contributed by atoms with Crippen molar-refractivity contribution in [2.24, 2.45) is 23.2 Å². The number of nitrogens with zero attached hydrogens (tertiary/aromatic N) is 1. The SMILES string of the molecule is CC(OC(=O)/C=C/c1cccc([N+](=O)[O-])c1)C(=O)C12CC3CC(CC(C3)C1)C2. The summed E-state index contributed by atoms with van der Waals surface area (Å²) in [6.07, 6.45) is 8.54. The van der Waals surface area contributed by atoms with Crippen LogP contribution in [0.4, 0.5) is 5.69 Å². The maximum Gasteiger partial charge on any atom is 0.331 e. The Morgan fingerprint density at radius 2 is 1.79 bits per heavy atom. The van der Waals surface area contributed by atoms with Crippen molar-refractivity contribution in [2.75, 3.05) is 0 Å². The highest BCUT2D eigenvalue weighted by Crippen LogP contribution is 2.60. The van der Waals surface area contributed by atoms with Gasteiger partial charge in [0.2, 0.25) is 0 Å². The van der Waals surface area contributed by atoms with Crippen molar-refractivity contribution in [1.29, 1.82) is 0 Å². The molecule has 4 aliphatic carbocycles. The molecule has 0 aromatic heterocycles. The monoisotopic (exact) mass is 383 g/mol. The molecule has 5 rings (SSSR count). The number of hydrogen-bond acceptors (Lipinski definition) is 5. The van der Waals surface area contributed by atoms with Crippen molar-refractivity contribution in [3.63, 3.8) is 0 Å². The first-order chi connectivity index (χ1) is 13.3. The zero-order valence-electron chi connectivity index (χ0n) is 16.0. The fraction of sp³-hybridized carbons (Fsp3) is 0.545. The fourth-order valence-electron chi connectivity index (χ4n) is 6.02. The van der Waals surface area contributed by atoms with E-state index in [0.29, 0.717) is 23.3 Å². The molecular formula is C22H25NO5. The van der Waals surface area contributed by atoms with E-state index < -0.39 is 17.0 Å². The lowest BCUT2D eigenvalue weighted by Crippen LogP contribution is -2.52. The van der Waals surface area contributed by atoms with Gasteiger partial charge in [-0.25, -0.2) is 4.79 Å². The van der Waals surface area contributed by atoms with Crippen LogP contribution in [-0.4, -0.2) is 22.8 Å². The number of carbonyl (C=O) groups excluding carboxylic acids is 2. The van der Waals surface area contributed by atoms with E-state index in [1.165, 1.54) is 43.5 Å². The van der Waals surface area contributed by atoms with E-state index in [9.17, 15) is 19.7 Å². The van der Waals surface area contributed by atoms with Gasteiger partial charge in [-0.2, -0.15) is 0 Å². The van der Waals surface area contributed by atoms with Gasteiger partial charge in [-0.15, -0.1) is 0 Å². The van der Waals surface area contributed by atoms with E-state index in [4.69, 9.17) is 4.74 Å². The first-order valence-corrected chi connectivity index (χ1v) is 10.0. The zero-order chi connectivity index (χ0) is 19.9. The van der Waals surface area contributed by atoms with Gasteiger partial charge in [0.05, 0.1) is 4.92 Å². The minimum absolute atomic E-state index is 0.0409. The van der Waals surface area contributed by atoms with Crippen molar-refractivity contribution < 1.29 is 19.2 Å². The number of Topliss-reactive ketones (excluding diaryl/α,β-unsaturated/α-hetero) is 1. The molecule has 1 unspecified atom stereocenters. The second kappa shape index (κ2) is 7.15. The highest BCUT2D eigenvalue weighted by molar-refractivity contribution is 5.93. The summed E-state index contributed by atoms with van der Waals surface area (Å²) in [5, 5.41) is 10.8. The predicted octanol–water partition coefficient (Wildman–Crippen LogP) is 4.33. The number of rotatable bonds is 6. The average molecular weight is 383 g/mol. The van der Waals surface area contributed by atoms with Crippen molar-refractivity contribution in [1.82, 2.24) is 0 Å². The number of ketones is 1. The molecule has 28 heavy (non-hydrogen) atoms. The van der Waals surface area contributed by atoms with E-state index in [1.807, 2.05) is 0 Å². The minimum atomic E-state index is -0.765. The molecule has 6 nitrogen and oxygen atoms in total. The molecule has 4 fully saturated rings. The van der Waals surface area contributed by atoms with Crippen LogP contribution in [0.2, 0.25) is 0 Å². The summed E-state index contributed by atoms with van der Waals surface area (Å²) in [6, 6.07) is 6.00. The van der Waals surface area contributed by atoms with E-state index in [0.717, 1.165) is 19.3 Å². The first-order valence-electron chi connectivity index (χ1n) is 10.0. The van der Waals surface area contributed by atoms with Crippen molar-refractivity contribution in [3.8, 4) is 0 Å². The Labute approximate surface area is 164 Å². The number of esters is 1. The molecular weight excluding hydrogens is 358 g/mol.